The molecular weight excluding hydrogens is 395 g/mol. The summed E-state index contributed by atoms with van der Waals surface area (Å²) in [6, 6.07) is 9.78. The van der Waals surface area contributed by atoms with Crippen molar-refractivity contribution in [3.63, 3.8) is 0 Å². The van der Waals surface area contributed by atoms with Gasteiger partial charge in [-0.05, 0) is 23.8 Å². The van der Waals surface area contributed by atoms with Crippen molar-refractivity contribution in [3.05, 3.63) is 72.6 Å². The van der Waals surface area contributed by atoms with Gasteiger partial charge < -0.3 is 9.84 Å². The van der Waals surface area contributed by atoms with E-state index in [-0.39, 0.29) is 5.75 Å². The van der Waals surface area contributed by atoms with Gasteiger partial charge in [0.05, 0.1) is 5.69 Å². The Morgan fingerprint density at radius 2 is 1.47 bits per heavy atom. The molecule has 1 aromatic carbocycles. The lowest BCUT2D eigenvalue weighted by molar-refractivity contribution is -0.153. The van der Waals surface area contributed by atoms with Crippen LogP contribution in [0.5, 0.6) is 5.75 Å². The van der Waals surface area contributed by atoms with Gasteiger partial charge in [-0.25, -0.2) is 9.97 Å². The molecule has 0 saturated heterocycles. The maximum Gasteiger partial charge on any atom is 0.422 e. The molecule has 5 nitrogen and oxygen atoms in total. The van der Waals surface area contributed by atoms with Crippen molar-refractivity contribution in [2.75, 3.05) is 6.61 Å². The summed E-state index contributed by atoms with van der Waals surface area (Å²) in [5.74, 6) is 0.131. The van der Waals surface area contributed by atoms with Crippen LogP contribution in [0.25, 0.3) is 11.1 Å². The van der Waals surface area contributed by atoms with Crippen LogP contribution in [0.2, 0.25) is 0 Å². The minimum Gasteiger partial charge on any atom is -0.484 e. The molecule has 1 unspecified atom stereocenters. The molecule has 2 aromatic heterocycles. The van der Waals surface area contributed by atoms with E-state index in [2.05, 4.69) is 15.0 Å². The lowest BCUT2D eigenvalue weighted by Gasteiger charge is -2.39. The summed E-state index contributed by atoms with van der Waals surface area (Å²) in [6.07, 6.45) is 1.75. The molecule has 1 N–H and O–H groups in total. The van der Waals surface area contributed by atoms with Crippen LogP contribution in [0.4, 0.5) is 13.2 Å². The van der Waals surface area contributed by atoms with E-state index in [0.29, 0.717) is 11.3 Å². The van der Waals surface area contributed by atoms with Crippen molar-refractivity contribution < 1.29 is 23.0 Å². The molecule has 158 valence electrons. The molecule has 8 heteroatoms. The zero-order valence-corrected chi connectivity index (χ0v) is 16.8. The van der Waals surface area contributed by atoms with Gasteiger partial charge >= 0.3 is 6.18 Å². The standard InChI is InChI=1S/C22H22F3N3O2/c1-20(2,3)22(29,17-11-26-14-27-12-17)19-9-6-16(10-28-19)15-4-7-18(8-5-15)30-13-21(23,24)25/h4-12,14,29H,13H2,1-3H3. The predicted octanol–water partition coefficient (Wildman–Crippen LogP) is 4.76. The number of hydrogen-bond donors (Lipinski definition) is 1. The summed E-state index contributed by atoms with van der Waals surface area (Å²) in [7, 11) is 0. The van der Waals surface area contributed by atoms with E-state index in [4.69, 9.17) is 4.74 Å². The fraction of sp³-hybridized carbons (Fsp3) is 0.318. The molecule has 0 aliphatic carbocycles. The summed E-state index contributed by atoms with van der Waals surface area (Å²) < 4.78 is 41.5. The molecule has 0 aliphatic heterocycles. The van der Waals surface area contributed by atoms with Crippen LogP contribution in [0.15, 0.2) is 61.3 Å². The molecule has 0 spiro atoms. The molecule has 3 rings (SSSR count). The molecule has 1 atom stereocenters. The fourth-order valence-electron chi connectivity index (χ4n) is 3.14. The average Bonchev–Trinajstić information content (AvgIpc) is 2.71. The normalized spacial score (nSPS) is 14.2. The fourth-order valence-corrected chi connectivity index (χ4v) is 3.14. The second-order valence-corrected chi connectivity index (χ2v) is 7.95. The zero-order valence-electron chi connectivity index (χ0n) is 16.8. The SMILES string of the molecule is CC(C)(C)C(O)(c1cncnc1)c1ccc(-c2ccc(OCC(F)(F)F)cc2)cn1. The summed E-state index contributed by atoms with van der Waals surface area (Å²) in [5.41, 5.74) is 0.478. The van der Waals surface area contributed by atoms with E-state index in [1.54, 1.807) is 42.9 Å². The molecular formula is C22H22F3N3O2. The highest BCUT2D eigenvalue weighted by Gasteiger charge is 2.45. The van der Waals surface area contributed by atoms with Gasteiger partial charge in [-0.2, -0.15) is 13.2 Å². The van der Waals surface area contributed by atoms with Crippen LogP contribution in [0.1, 0.15) is 32.0 Å². The Labute approximate surface area is 172 Å². The number of rotatable bonds is 5. The van der Waals surface area contributed by atoms with E-state index >= 15 is 0 Å². The Hall–Kier alpha value is -3.00. The van der Waals surface area contributed by atoms with Gasteiger partial charge in [0.1, 0.15) is 17.7 Å². The molecule has 0 amide bonds. The number of alkyl halides is 3. The van der Waals surface area contributed by atoms with Crippen molar-refractivity contribution >= 4 is 0 Å². The van der Waals surface area contributed by atoms with Crippen molar-refractivity contribution in [1.82, 2.24) is 15.0 Å². The van der Waals surface area contributed by atoms with E-state index in [0.717, 1.165) is 11.1 Å². The van der Waals surface area contributed by atoms with Gasteiger partial charge in [0.15, 0.2) is 6.61 Å². The lowest BCUT2D eigenvalue weighted by Crippen LogP contribution is -2.42. The van der Waals surface area contributed by atoms with E-state index in [9.17, 15) is 18.3 Å². The number of halogens is 3. The first kappa shape index (κ1) is 21.7. The molecule has 0 bridgehead atoms. The maximum atomic E-state index is 12.3. The predicted molar refractivity (Wildman–Crippen MR) is 106 cm³/mol. The Balaban J connectivity index is 1.86. The first-order valence-electron chi connectivity index (χ1n) is 9.25. The Bertz CT molecular complexity index is 970. The molecule has 0 fully saturated rings. The number of nitrogens with zero attached hydrogens (tertiary/aromatic N) is 3. The Morgan fingerprint density at radius 1 is 0.867 bits per heavy atom. The second-order valence-electron chi connectivity index (χ2n) is 7.95. The summed E-state index contributed by atoms with van der Waals surface area (Å²) >= 11 is 0. The van der Waals surface area contributed by atoms with Gasteiger partial charge in [-0.1, -0.05) is 39.0 Å². The highest BCUT2D eigenvalue weighted by atomic mass is 19.4. The number of pyridine rings is 1. The molecule has 30 heavy (non-hydrogen) atoms. The third-order valence-electron chi connectivity index (χ3n) is 4.79. The highest BCUT2D eigenvalue weighted by Crippen LogP contribution is 2.43. The number of aromatic nitrogens is 3. The number of benzene rings is 1. The molecule has 3 aromatic rings. The monoisotopic (exact) mass is 417 g/mol. The summed E-state index contributed by atoms with van der Waals surface area (Å²) in [6.45, 7) is 4.36. The topological polar surface area (TPSA) is 68.1 Å². The minimum atomic E-state index is -4.38. The minimum absolute atomic E-state index is 0.131. The summed E-state index contributed by atoms with van der Waals surface area (Å²) in [5, 5.41) is 11.6. The maximum absolute atomic E-state index is 12.3. The van der Waals surface area contributed by atoms with Crippen LogP contribution < -0.4 is 4.74 Å². The second kappa shape index (κ2) is 8.02. The van der Waals surface area contributed by atoms with Gasteiger partial charge in [0.2, 0.25) is 0 Å². The quantitative estimate of drug-likeness (QED) is 0.648. The van der Waals surface area contributed by atoms with Gasteiger partial charge in [-0.3, -0.25) is 4.98 Å². The van der Waals surface area contributed by atoms with Crippen molar-refractivity contribution in [3.8, 4) is 16.9 Å². The molecule has 0 saturated carbocycles. The molecule has 2 heterocycles. The molecule has 0 radical (unpaired) electrons. The van der Waals surface area contributed by atoms with Gasteiger partial charge in [-0.15, -0.1) is 0 Å². The number of hydrogen-bond acceptors (Lipinski definition) is 5. The van der Waals surface area contributed by atoms with E-state index in [1.165, 1.54) is 18.5 Å². The third-order valence-corrected chi connectivity index (χ3v) is 4.79. The Kier molecular flexibility index (Phi) is 5.81. The van der Waals surface area contributed by atoms with Crippen LogP contribution in [0, 0.1) is 5.41 Å². The average molecular weight is 417 g/mol. The van der Waals surface area contributed by atoms with Crippen molar-refractivity contribution in [2.45, 2.75) is 32.5 Å². The van der Waals surface area contributed by atoms with E-state index in [1.807, 2.05) is 20.8 Å². The lowest BCUT2D eigenvalue weighted by atomic mass is 9.70. The van der Waals surface area contributed by atoms with Crippen molar-refractivity contribution in [1.29, 1.82) is 0 Å². The largest absolute Gasteiger partial charge is 0.484 e. The third kappa shape index (κ3) is 4.59. The number of ether oxygens (including phenoxy) is 1. The highest BCUT2D eigenvalue weighted by molar-refractivity contribution is 5.63. The van der Waals surface area contributed by atoms with Crippen molar-refractivity contribution in [2.24, 2.45) is 5.41 Å². The summed E-state index contributed by atoms with van der Waals surface area (Å²) in [4.78, 5) is 12.5. The van der Waals surface area contributed by atoms with Gasteiger partial charge in [0.25, 0.3) is 0 Å². The zero-order chi connectivity index (χ0) is 22.0. The van der Waals surface area contributed by atoms with Gasteiger partial charge in [0, 0.05) is 35.1 Å². The Morgan fingerprint density at radius 3 is 1.97 bits per heavy atom. The number of aliphatic hydroxyl groups is 1. The first-order valence-corrected chi connectivity index (χ1v) is 9.25. The molecule has 0 aliphatic rings. The van der Waals surface area contributed by atoms with Crippen LogP contribution in [-0.2, 0) is 5.60 Å². The van der Waals surface area contributed by atoms with Crippen LogP contribution in [0.3, 0.4) is 0 Å². The van der Waals surface area contributed by atoms with E-state index < -0.39 is 23.8 Å². The van der Waals surface area contributed by atoms with Crippen LogP contribution in [-0.4, -0.2) is 32.8 Å². The smallest absolute Gasteiger partial charge is 0.422 e. The van der Waals surface area contributed by atoms with Crippen LogP contribution >= 0.6 is 0 Å². The first-order chi connectivity index (χ1) is 14.0.